The number of amides is 1. The number of ether oxygens (including phenoxy) is 6. The van der Waals surface area contributed by atoms with Gasteiger partial charge < -0.3 is 59.2 Å². The number of morpholine rings is 2. The van der Waals surface area contributed by atoms with E-state index in [1.54, 1.807) is 25.4 Å². The Morgan fingerprint density at radius 2 is 1.76 bits per heavy atom. The zero-order valence-corrected chi connectivity index (χ0v) is 49.9. The highest BCUT2D eigenvalue weighted by molar-refractivity contribution is 7.91. The maximum Gasteiger partial charge on any atom is 0.297 e. The molecule has 0 unspecified atom stereocenters. The summed E-state index contributed by atoms with van der Waals surface area (Å²) in [7, 11) is -3.11. The molecule has 1 amide bonds. The van der Waals surface area contributed by atoms with Gasteiger partial charge in [0, 0.05) is 120 Å². The van der Waals surface area contributed by atoms with Gasteiger partial charge in [0.1, 0.15) is 28.9 Å². The monoisotopic (exact) mass is 1210 g/mol. The van der Waals surface area contributed by atoms with E-state index in [2.05, 4.69) is 72.1 Å². The van der Waals surface area contributed by atoms with Crippen molar-refractivity contribution in [3.63, 3.8) is 0 Å². The van der Waals surface area contributed by atoms with Gasteiger partial charge in [-0.25, -0.2) is 13.4 Å². The number of primary amides is 1. The molecule has 8 aliphatic heterocycles. The number of aromatic nitrogens is 3. The Bertz CT molecular complexity index is 3770. The molecule has 458 valence electrons. The molecule has 24 heteroatoms. The molecule has 23 nitrogen and oxygen atoms in total. The molecular formula is C63H74N12O11S. The first kappa shape index (κ1) is 56.2. The molecule has 3 aromatic heterocycles. The molecule has 15 rings (SSSR count). The van der Waals surface area contributed by atoms with E-state index in [0.29, 0.717) is 75.5 Å². The van der Waals surface area contributed by atoms with Gasteiger partial charge in [-0.3, -0.25) is 29.6 Å². The van der Waals surface area contributed by atoms with E-state index >= 15 is 8.42 Å². The minimum atomic E-state index is -4.82. The highest BCUT2D eigenvalue weighted by Crippen LogP contribution is 2.56. The minimum Gasteiger partial charge on any atom is -0.493 e. The lowest BCUT2D eigenvalue weighted by Gasteiger charge is -2.58. The van der Waals surface area contributed by atoms with Crippen LogP contribution in [-0.4, -0.2) is 191 Å². The Morgan fingerprint density at radius 3 is 2.53 bits per heavy atom. The zero-order chi connectivity index (χ0) is 59.3. The molecule has 1 saturated carbocycles. The first-order valence-corrected chi connectivity index (χ1v) is 32.2. The van der Waals surface area contributed by atoms with Crippen LogP contribution in [0.2, 0.25) is 0 Å². The number of benzene rings is 3. The van der Waals surface area contributed by atoms with Crippen molar-refractivity contribution in [2.45, 2.75) is 104 Å². The van der Waals surface area contributed by atoms with Crippen molar-refractivity contribution in [2.24, 2.45) is 11.1 Å². The molecule has 87 heavy (non-hydrogen) atoms. The zero-order valence-electron chi connectivity index (χ0n) is 49.1. The quantitative estimate of drug-likeness (QED) is 0.0768. The topological polar surface area (TPSA) is 249 Å². The summed E-state index contributed by atoms with van der Waals surface area (Å²) in [5, 5.41) is 17.3. The van der Waals surface area contributed by atoms with E-state index in [9.17, 15) is 14.9 Å². The molecule has 6 aromatic rings. The van der Waals surface area contributed by atoms with Crippen LogP contribution in [0.25, 0.3) is 11.0 Å². The number of hydrogen-bond donors (Lipinski definition) is 3. The Morgan fingerprint density at radius 1 is 0.920 bits per heavy atom. The summed E-state index contributed by atoms with van der Waals surface area (Å²) in [5.74, 6) is 1.07. The number of piperazine rings is 1. The number of fused-ring (bicyclic) bond motifs is 6. The number of sulfone groups is 1. The maximum atomic E-state index is 16.4. The third-order valence-corrected chi connectivity index (χ3v) is 22.0. The number of nitrogens with one attached hydrogen (secondary N) is 2. The number of likely N-dealkylation sites (tertiary alicyclic amines) is 1. The van der Waals surface area contributed by atoms with Gasteiger partial charge in [0.2, 0.25) is 15.7 Å². The van der Waals surface area contributed by atoms with E-state index in [1.165, 1.54) is 17.2 Å². The SMILES string of the molecule is COc1cc(CN2CCN(C3CC4(CCN(c5ccc(C(N)=O)c(N6c7cc8cc[nH]c8nc7O[C@H]7COCC[C@@H]76)c5S(=O)(=O)c5cc6c(c([N+](=O)[O-])c5)N[C@H](CN5C[C@H]7C[C@@H]5CO7)CO6)CC4)C3)[C@H](c3ccccc3C)C2)cnc1N1CCOCC1. The summed E-state index contributed by atoms with van der Waals surface area (Å²) in [6.07, 6.45) is 8.28. The lowest BCUT2D eigenvalue weighted by molar-refractivity contribution is -0.384. The number of anilines is 5. The second kappa shape index (κ2) is 22.4. The van der Waals surface area contributed by atoms with Crippen LogP contribution in [0.1, 0.15) is 71.6 Å². The highest BCUT2D eigenvalue weighted by atomic mass is 32.2. The van der Waals surface area contributed by atoms with Gasteiger partial charge in [-0.15, -0.1) is 0 Å². The molecule has 11 heterocycles. The van der Waals surface area contributed by atoms with Crippen LogP contribution in [-0.2, 0) is 30.6 Å². The molecule has 6 saturated heterocycles. The van der Waals surface area contributed by atoms with Gasteiger partial charge in [0.15, 0.2) is 23.0 Å². The third kappa shape index (κ3) is 10.1. The fourth-order valence-corrected chi connectivity index (χ4v) is 17.4. The Balaban J connectivity index is 0.747. The number of carbonyl (C=O) groups excluding carboxylic acids is 1. The fraction of sp³-hybridized carbons (Fsp3) is 0.508. The third-order valence-electron chi connectivity index (χ3n) is 20.2. The Kier molecular flexibility index (Phi) is 14.5. The number of nitrogens with two attached hydrogens (primary N) is 1. The van der Waals surface area contributed by atoms with Crippen molar-refractivity contribution >= 4 is 61.0 Å². The van der Waals surface area contributed by atoms with Crippen molar-refractivity contribution in [1.82, 2.24) is 29.7 Å². The normalized spacial score (nSPS) is 25.7. The standard InChI is InChI=1S/C63H74N12O11S/c1-38-5-3-4-6-46(38)52-34-69(31-39-23-54(81-2)61(66-30-39)71-18-21-82-22-19-71)16-17-73(52)43-28-63(29-43)11-14-70(15-12-63)49-8-7-47(59(64)76)57(74-48-10-20-83-37-55(48)86-62-51(74)24-40-9-13-65-60(40)68-62)58(49)87(79,80)45-26-50(75(77)78)56-53(27-45)85-35-41(67-56)32-72-33-44-25-42(72)36-84-44/h3-9,13,23-24,26-27,30,41-44,48,52,55,67H,10-12,14-22,25,28-29,31-37H2,1-2H3,(H2,64,76)(H,65,68)/t41-,42-,44-,48+,52+,55+/m1/s1. The summed E-state index contributed by atoms with van der Waals surface area (Å²) < 4.78 is 69.0. The average molecular weight is 1210 g/mol. The molecule has 7 fully saturated rings. The first-order chi connectivity index (χ1) is 42.3. The smallest absolute Gasteiger partial charge is 0.297 e. The molecule has 0 radical (unpaired) electrons. The van der Waals surface area contributed by atoms with E-state index in [1.807, 2.05) is 23.2 Å². The van der Waals surface area contributed by atoms with Crippen molar-refractivity contribution in [2.75, 3.05) is 126 Å². The molecular weight excluding hydrogens is 1130 g/mol. The number of piperidine rings is 1. The highest BCUT2D eigenvalue weighted by Gasteiger charge is 2.52. The number of aromatic amines is 1. The van der Waals surface area contributed by atoms with E-state index in [0.717, 1.165) is 107 Å². The predicted molar refractivity (Wildman–Crippen MR) is 325 cm³/mol. The van der Waals surface area contributed by atoms with E-state index in [-0.39, 0.29) is 81.2 Å². The molecule has 4 N–H and O–H groups in total. The number of methoxy groups -OCH3 is 1. The van der Waals surface area contributed by atoms with Crippen LogP contribution in [0.15, 0.2) is 88.9 Å². The number of aryl methyl sites for hydroxylation is 1. The van der Waals surface area contributed by atoms with Crippen LogP contribution >= 0.6 is 0 Å². The van der Waals surface area contributed by atoms with Crippen LogP contribution in [0.4, 0.5) is 34.3 Å². The summed E-state index contributed by atoms with van der Waals surface area (Å²) in [5.41, 5.74) is 11.2. The Hall–Kier alpha value is -7.32. The summed E-state index contributed by atoms with van der Waals surface area (Å²) in [6.45, 7) is 12.2. The average Bonchev–Trinajstić information content (AvgIpc) is 1.02. The minimum absolute atomic E-state index is 0.0174. The van der Waals surface area contributed by atoms with Gasteiger partial charge in [0.05, 0.1) is 78.5 Å². The Labute approximate surface area is 505 Å². The molecule has 6 atom stereocenters. The van der Waals surface area contributed by atoms with Gasteiger partial charge in [-0.2, -0.15) is 4.98 Å². The fourth-order valence-electron chi connectivity index (χ4n) is 15.7. The van der Waals surface area contributed by atoms with E-state index in [4.69, 9.17) is 44.1 Å². The summed E-state index contributed by atoms with van der Waals surface area (Å²) in [4.78, 5) is 53.0. The van der Waals surface area contributed by atoms with Gasteiger partial charge in [-0.1, -0.05) is 24.3 Å². The number of H-pyrrole nitrogens is 1. The van der Waals surface area contributed by atoms with Crippen LogP contribution in [0.3, 0.4) is 0 Å². The number of nitro benzene ring substituents is 1. The second-order valence-corrected chi connectivity index (χ2v) is 27.1. The number of pyridine rings is 2. The number of rotatable bonds is 14. The summed E-state index contributed by atoms with van der Waals surface area (Å²) >= 11 is 0. The molecule has 2 bridgehead atoms. The molecule has 1 aliphatic carbocycles. The molecule has 1 spiro atoms. The van der Waals surface area contributed by atoms with Crippen molar-refractivity contribution < 1.29 is 46.6 Å². The maximum absolute atomic E-state index is 16.4. The largest absolute Gasteiger partial charge is 0.493 e. The van der Waals surface area contributed by atoms with E-state index < -0.39 is 38.5 Å². The number of carbonyl (C=O) groups is 1. The van der Waals surface area contributed by atoms with Gasteiger partial charge in [-0.05, 0) is 97.9 Å². The summed E-state index contributed by atoms with van der Waals surface area (Å²) in [6, 6.07) is 20.4. The number of nitro groups is 1. The van der Waals surface area contributed by atoms with Gasteiger partial charge in [0.25, 0.3) is 11.6 Å². The number of nitrogens with zero attached hydrogens (tertiary/aromatic N) is 9. The van der Waals surface area contributed by atoms with Crippen LogP contribution in [0, 0.1) is 22.5 Å². The van der Waals surface area contributed by atoms with Crippen molar-refractivity contribution in [3.05, 3.63) is 111 Å². The molecule has 9 aliphatic rings. The second-order valence-electron chi connectivity index (χ2n) is 25.3. The van der Waals surface area contributed by atoms with Crippen LogP contribution in [0.5, 0.6) is 17.4 Å². The number of hydrogen-bond acceptors (Lipinski definition) is 20. The first-order valence-electron chi connectivity index (χ1n) is 30.7. The van der Waals surface area contributed by atoms with Crippen molar-refractivity contribution in [1.29, 1.82) is 0 Å². The van der Waals surface area contributed by atoms with Crippen molar-refractivity contribution in [3.8, 4) is 17.4 Å². The molecule has 3 aromatic carbocycles. The van der Waals surface area contributed by atoms with Crippen LogP contribution < -0.4 is 40.0 Å². The van der Waals surface area contributed by atoms with Gasteiger partial charge >= 0.3 is 0 Å². The lowest BCUT2D eigenvalue weighted by Crippen LogP contribution is -2.60. The predicted octanol–water partition coefficient (Wildman–Crippen LogP) is 6.59. The lowest BCUT2D eigenvalue weighted by atomic mass is 9.59.